The first-order valence-electron chi connectivity index (χ1n) is 9.69. The van der Waals surface area contributed by atoms with Crippen LogP contribution in [-0.2, 0) is 9.59 Å². The van der Waals surface area contributed by atoms with E-state index in [4.69, 9.17) is 4.74 Å². The van der Waals surface area contributed by atoms with Crippen LogP contribution in [0.25, 0.3) is 0 Å². The third-order valence-electron chi connectivity index (χ3n) is 4.20. The molecule has 2 rings (SSSR count). The lowest BCUT2D eigenvalue weighted by Crippen LogP contribution is -2.22. The Morgan fingerprint density at radius 2 is 1.75 bits per heavy atom. The van der Waals surface area contributed by atoms with Crippen molar-refractivity contribution in [3.05, 3.63) is 48.0 Å². The monoisotopic (exact) mass is 383 g/mol. The SMILES string of the molecule is CCCCOc1ccccc1NCC(=O)Nc1ccc(C)c(NC(=O)CC)c1. The van der Waals surface area contributed by atoms with Crippen LogP contribution in [-0.4, -0.2) is 25.0 Å². The van der Waals surface area contributed by atoms with E-state index >= 15 is 0 Å². The van der Waals surface area contributed by atoms with Crippen LogP contribution in [0, 0.1) is 6.92 Å². The number of nitrogens with one attached hydrogen (secondary N) is 3. The molecule has 0 aliphatic heterocycles. The molecule has 2 amide bonds. The zero-order chi connectivity index (χ0) is 20.4. The van der Waals surface area contributed by atoms with Crippen molar-refractivity contribution in [1.29, 1.82) is 0 Å². The minimum absolute atomic E-state index is 0.0621. The van der Waals surface area contributed by atoms with Crippen molar-refractivity contribution in [2.45, 2.75) is 40.0 Å². The molecule has 3 N–H and O–H groups in total. The van der Waals surface area contributed by atoms with Crippen molar-refractivity contribution in [3.63, 3.8) is 0 Å². The number of hydrogen-bond acceptors (Lipinski definition) is 4. The summed E-state index contributed by atoms with van der Waals surface area (Å²) in [6.07, 6.45) is 2.45. The molecule has 0 spiro atoms. The van der Waals surface area contributed by atoms with Crippen LogP contribution >= 0.6 is 0 Å². The van der Waals surface area contributed by atoms with Gasteiger partial charge >= 0.3 is 0 Å². The minimum atomic E-state index is -0.181. The first-order valence-corrected chi connectivity index (χ1v) is 9.69. The van der Waals surface area contributed by atoms with E-state index in [1.807, 2.05) is 43.3 Å². The number of hydrogen-bond donors (Lipinski definition) is 3. The Morgan fingerprint density at radius 3 is 2.50 bits per heavy atom. The smallest absolute Gasteiger partial charge is 0.243 e. The molecule has 0 radical (unpaired) electrons. The van der Waals surface area contributed by atoms with E-state index in [2.05, 4.69) is 22.9 Å². The second-order valence-electron chi connectivity index (χ2n) is 6.53. The molecule has 0 heterocycles. The molecule has 28 heavy (non-hydrogen) atoms. The number of benzene rings is 2. The topological polar surface area (TPSA) is 79.5 Å². The number of carbonyl (C=O) groups excluding carboxylic acids is 2. The summed E-state index contributed by atoms with van der Waals surface area (Å²) in [6, 6.07) is 13.0. The third kappa shape index (κ3) is 6.61. The summed E-state index contributed by atoms with van der Waals surface area (Å²) in [5.74, 6) is 0.497. The predicted octanol–water partition coefficient (Wildman–Crippen LogP) is 4.57. The van der Waals surface area contributed by atoms with Crippen molar-refractivity contribution in [1.82, 2.24) is 0 Å². The quantitative estimate of drug-likeness (QED) is 0.525. The fourth-order valence-corrected chi connectivity index (χ4v) is 2.52. The van der Waals surface area contributed by atoms with E-state index in [1.54, 1.807) is 13.0 Å². The summed E-state index contributed by atoms with van der Waals surface area (Å²) in [5, 5.41) is 8.81. The predicted molar refractivity (Wildman–Crippen MR) is 114 cm³/mol. The molecular formula is C22H29N3O3. The molecule has 0 bridgehead atoms. The Balaban J connectivity index is 1.94. The first kappa shape index (κ1) is 21.3. The van der Waals surface area contributed by atoms with Crippen LogP contribution in [0.15, 0.2) is 42.5 Å². The average molecular weight is 383 g/mol. The maximum Gasteiger partial charge on any atom is 0.243 e. The number of carbonyl (C=O) groups is 2. The lowest BCUT2D eigenvalue weighted by molar-refractivity contribution is -0.116. The molecule has 0 unspecified atom stereocenters. The Bertz CT molecular complexity index is 805. The molecule has 0 aromatic heterocycles. The Morgan fingerprint density at radius 1 is 0.964 bits per heavy atom. The van der Waals surface area contributed by atoms with E-state index < -0.39 is 0 Å². The first-order chi connectivity index (χ1) is 13.5. The largest absolute Gasteiger partial charge is 0.491 e. The molecule has 6 heteroatoms. The molecule has 0 atom stereocenters. The number of aryl methyl sites for hydroxylation is 1. The fourth-order valence-electron chi connectivity index (χ4n) is 2.52. The summed E-state index contributed by atoms with van der Waals surface area (Å²) < 4.78 is 5.77. The van der Waals surface area contributed by atoms with E-state index in [0.29, 0.717) is 24.4 Å². The second-order valence-corrected chi connectivity index (χ2v) is 6.53. The van der Waals surface area contributed by atoms with Crippen molar-refractivity contribution in [3.8, 4) is 5.75 Å². The van der Waals surface area contributed by atoms with Crippen molar-refractivity contribution >= 4 is 28.9 Å². The van der Waals surface area contributed by atoms with Gasteiger partial charge in [0, 0.05) is 17.8 Å². The number of para-hydroxylation sites is 2. The molecule has 6 nitrogen and oxygen atoms in total. The summed E-state index contributed by atoms with van der Waals surface area (Å²) in [7, 11) is 0. The lowest BCUT2D eigenvalue weighted by atomic mass is 10.1. The van der Waals surface area contributed by atoms with Crippen LogP contribution < -0.4 is 20.7 Å². The van der Waals surface area contributed by atoms with Gasteiger partial charge in [0.15, 0.2) is 0 Å². The van der Waals surface area contributed by atoms with Crippen molar-refractivity contribution in [2.24, 2.45) is 0 Å². The standard InChI is InChI=1S/C22H29N3O3/c1-4-6-13-28-20-10-8-7-9-18(20)23-15-22(27)24-17-12-11-16(3)19(14-17)25-21(26)5-2/h7-12,14,23H,4-6,13,15H2,1-3H3,(H,24,27)(H,25,26). The van der Waals surface area contributed by atoms with Gasteiger partial charge in [0.05, 0.1) is 18.8 Å². The van der Waals surface area contributed by atoms with E-state index in [9.17, 15) is 9.59 Å². The lowest BCUT2D eigenvalue weighted by Gasteiger charge is -2.14. The maximum absolute atomic E-state index is 12.3. The highest BCUT2D eigenvalue weighted by atomic mass is 16.5. The number of rotatable bonds is 10. The van der Waals surface area contributed by atoms with E-state index in [1.165, 1.54) is 0 Å². The van der Waals surface area contributed by atoms with Gasteiger partial charge in [-0.2, -0.15) is 0 Å². The summed E-state index contributed by atoms with van der Waals surface area (Å²) in [4.78, 5) is 24.0. The highest BCUT2D eigenvalue weighted by Gasteiger charge is 2.08. The van der Waals surface area contributed by atoms with Gasteiger partial charge in [-0.15, -0.1) is 0 Å². The molecule has 150 valence electrons. The number of amides is 2. The van der Waals surface area contributed by atoms with Gasteiger partial charge in [-0.05, 0) is 43.2 Å². The van der Waals surface area contributed by atoms with Crippen LogP contribution in [0.2, 0.25) is 0 Å². The highest BCUT2D eigenvalue weighted by molar-refractivity contribution is 5.96. The zero-order valence-electron chi connectivity index (χ0n) is 16.8. The highest BCUT2D eigenvalue weighted by Crippen LogP contribution is 2.24. The van der Waals surface area contributed by atoms with Crippen LogP contribution in [0.3, 0.4) is 0 Å². The fraction of sp³-hybridized carbons (Fsp3) is 0.364. The normalized spacial score (nSPS) is 10.2. The van der Waals surface area contributed by atoms with Gasteiger partial charge < -0.3 is 20.7 Å². The Labute approximate surface area is 166 Å². The van der Waals surface area contributed by atoms with E-state index in [0.717, 1.165) is 29.8 Å². The second kappa shape index (κ2) is 11.0. The number of anilines is 3. The summed E-state index contributed by atoms with van der Waals surface area (Å²) in [6.45, 7) is 6.58. The zero-order valence-corrected chi connectivity index (χ0v) is 16.8. The molecule has 0 aliphatic carbocycles. The minimum Gasteiger partial charge on any atom is -0.491 e. The van der Waals surface area contributed by atoms with Crippen molar-refractivity contribution < 1.29 is 14.3 Å². The third-order valence-corrected chi connectivity index (χ3v) is 4.20. The molecule has 0 saturated carbocycles. The van der Waals surface area contributed by atoms with Gasteiger partial charge in [-0.1, -0.05) is 38.5 Å². The van der Waals surface area contributed by atoms with Gasteiger partial charge in [-0.25, -0.2) is 0 Å². The summed E-state index contributed by atoms with van der Waals surface area (Å²) >= 11 is 0. The Kier molecular flexibility index (Phi) is 8.34. The van der Waals surface area contributed by atoms with Gasteiger partial charge in [0.25, 0.3) is 0 Å². The van der Waals surface area contributed by atoms with Crippen molar-refractivity contribution in [2.75, 3.05) is 29.1 Å². The van der Waals surface area contributed by atoms with E-state index in [-0.39, 0.29) is 18.4 Å². The molecule has 0 aliphatic rings. The van der Waals surface area contributed by atoms with Crippen LogP contribution in [0.5, 0.6) is 5.75 Å². The molecule has 2 aromatic carbocycles. The number of ether oxygens (including phenoxy) is 1. The average Bonchev–Trinajstić information content (AvgIpc) is 2.70. The molecule has 2 aromatic rings. The Hall–Kier alpha value is -3.02. The summed E-state index contributed by atoms with van der Waals surface area (Å²) in [5.41, 5.74) is 3.06. The number of unbranched alkanes of at least 4 members (excludes halogenated alkanes) is 1. The molecule has 0 saturated heterocycles. The van der Waals surface area contributed by atoms with Gasteiger partial charge in [-0.3, -0.25) is 9.59 Å². The molecular weight excluding hydrogens is 354 g/mol. The maximum atomic E-state index is 12.3. The van der Waals surface area contributed by atoms with Crippen LogP contribution in [0.1, 0.15) is 38.7 Å². The van der Waals surface area contributed by atoms with Crippen LogP contribution in [0.4, 0.5) is 17.1 Å². The van der Waals surface area contributed by atoms with Gasteiger partial charge in [0.2, 0.25) is 11.8 Å². The van der Waals surface area contributed by atoms with Gasteiger partial charge in [0.1, 0.15) is 5.75 Å². The molecule has 0 fully saturated rings.